The molecule has 1 aromatic carbocycles. The number of carbonyl (C=O) groups excluding carboxylic acids is 2. The molecule has 0 unspecified atom stereocenters. The normalized spacial score (nSPS) is 22.7. The number of hydrogen-bond donors (Lipinski definition) is 1. The topological polar surface area (TPSA) is 72.6 Å². The van der Waals surface area contributed by atoms with Crippen molar-refractivity contribution >= 4 is 29.4 Å². The van der Waals surface area contributed by atoms with Gasteiger partial charge in [0.2, 0.25) is 0 Å². The van der Waals surface area contributed by atoms with Crippen molar-refractivity contribution in [2.24, 2.45) is 5.73 Å². The SMILES string of the molecule is NC(=O)[C@H]1CN(c2ccc(C3CCSCC3)c(F)c2)C(=O)O1. The molecule has 2 N–H and O–H groups in total. The molecule has 2 fully saturated rings. The van der Waals surface area contributed by atoms with Crippen LogP contribution in [0, 0.1) is 5.82 Å². The van der Waals surface area contributed by atoms with Gasteiger partial charge in [-0.05, 0) is 48.0 Å². The number of thioether (sulfide) groups is 1. The highest BCUT2D eigenvalue weighted by Crippen LogP contribution is 2.34. The lowest BCUT2D eigenvalue weighted by molar-refractivity contribution is -0.124. The third-order valence-electron chi connectivity index (χ3n) is 4.09. The number of amides is 2. The van der Waals surface area contributed by atoms with Gasteiger partial charge in [0.25, 0.3) is 5.91 Å². The van der Waals surface area contributed by atoms with Crippen LogP contribution >= 0.6 is 11.8 Å². The Morgan fingerprint density at radius 2 is 2.09 bits per heavy atom. The Morgan fingerprint density at radius 3 is 2.68 bits per heavy atom. The summed E-state index contributed by atoms with van der Waals surface area (Å²) in [5, 5.41) is 0. The molecule has 0 spiro atoms. The highest BCUT2D eigenvalue weighted by molar-refractivity contribution is 7.99. The number of rotatable bonds is 3. The first-order valence-electron chi connectivity index (χ1n) is 7.21. The van der Waals surface area contributed by atoms with E-state index < -0.39 is 18.1 Å². The Morgan fingerprint density at radius 1 is 1.36 bits per heavy atom. The summed E-state index contributed by atoms with van der Waals surface area (Å²) in [7, 11) is 0. The average molecular weight is 324 g/mol. The average Bonchev–Trinajstić information content (AvgIpc) is 2.90. The summed E-state index contributed by atoms with van der Waals surface area (Å²) in [6.07, 6.45) is 0.281. The summed E-state index contributed by atoms with van der Waals surface area (Å²) in [4.78, 5) is 24.1. The molecule has 1 aromatic rings. The predicted molar refractivity (Wildman–Crippen MR) is 82.5 cm³/mol. The van der Waals surface area contributed by atoms with Crippen molar-refractivity contribution < 1.29 is 18.7 Å². The van der Waals surface area contributed by atoms with E-state index in [2.05, 4.69) is 0 Å². The highest BCUT2D eigenvalue weighted by atomic mass is 32.2. The number of ether oxygens (including phenoxy) is 1. The van der Waals surface area contributed by atoms with Crippen LogP contribution in [-0.4, -0.2) is 36.2 Å². The van der Waals surface area contributed by atoms with Gasteiger partial charge in [-0.1, -0.05) is 6.07 Å². The van der Waals surface area contributed by atoms with E-state index in [0.29, 0.717) is 11.3 Å². The summed E-state index contributed by atoms with van der Waals surface area (Å²) < 4.78 is 19.3. The van der Waals surface area contributed by atoms with Gasteiger partial charge in [0, 0.05) is 0 Å². The molecule has 0 aliphatic carbocycles. The van der Waals surface area contributed by atoms with Crippen LogP contribution in [0.5, 0.6) is 0 Å². The summed E-state index contributed by atoms with van der Waals surface area (Å²) in [6.45, 7) is 0.0209. The van der Waals surface area contributed by atoms with Crippen LogP contribution in [0.3, 0.4) is 0 Å². The van der Waals surface area contributed by atoms with E-state index in [1.54, 1.807) is 12.1 Å². The van der Waals surface area contributed by atoms with E-state index in [9.17, 15) is 14.0 Å². The van der Waals surface area contributed by atoms with Gasteiger partial charge in [-0.3, -0.25) is 9.69 Å². The van der Waals surface area contributed by atoms with Gasteiger partial charge in [0.1, 0.15) is 5.82 Å². The molecule has 5 nitrogen and oxygen atoms in total. The molecule has 2 saturated heterocycles. The molecule has 22 heavy (non-hydrogen) atoms. The van der Waals surface area contributed by atoms with Crippen molar-refractivity contribution in [1.82, 2.24) is 0 Å². The molecule has 2 aliphatic rings. The van der Waals surface area contributed by atoms with Gasteiger partial charge < -0.3 is 10.5 Å². The number of cyclic esters (lactones) is 1. The van der Waals surface area contributed by atoms with Crippen LogP contribution in [-0.2, 0) is 9.53 Å². The third kappa shape index (κ3) is 2.90. The summed E-state index contributed by atoms with van der Waals surface area (Å²) >= 11 is 1.89. The molecule has 2 amide bonds. The molecule has 1 atom stereocenters. The first kappa shape index (κ1) is 15.1. The van der Waals surface area contributed by atoms with Crippen molar-refractivity contribution in [3.8, 4) is 0 Å². The Kier molecular flexibility index (Phi) is 4.24. The first-order valence-corrected chi connectivity index (χ1v) is 8.36. The van der Waals surface area contributed by atoms with E-state index in [1.165, 1.54) is 11.0 Å². The zero-order chi connectivity index (χ0) is 15.7. The molecule has 0 radical (unpaired) electrons. The standard InChI is InChI=1S/C15H17FN2O3S/c16-12-7-10(18-8-13(14(17)19)21-15(18)20)1-2-11(12)9-3-5-22-6-4-9/h1-2,7,9,13H,3-6,8H2,(H2,17,19)/t13-/m1/s1. The van der Waals surface area contributed by atoms with Gasteiger partial charge >= 0.3 is 6.09 Å². The number of anilines is 1. The minimum Gasteiger partial charge on any atom is -0.434 e. The van der Waals surface area contributed by atoms with Gasteiger partial charge in [-0.25, -0.2) is 9.18 Å². The van der Waals surface area contributed by atoms with E-state index in [4.69, 9.17) is 10.5 Å². The second-order valence-electron chi connectivity index (χ2n) is 5.48. The third-order valence-corrected chi connectivity index (χ3v) is 5.13. The van der Waals surface area contributed by atoms with E-state index in [0.717, 1.165) is 24.3 Å². The minimum absolute atomic E-state index is 0.0209. The fourth-order valence-corrected chi connectivity index (χ4v) is 3.95. The lowest BCUT2D eigenvalue weighted by Gasteiger charge is -2.23. The molecule has 7 heteroatoms. The maximum atomic E-state index is 14.4. The number of carbonyl (C=O) groups is 2. The lowest BCUT2D eigenvalue weighted by atomic mass is 9.93. The summed E-state index contributed by atoms with van der Waals surface area (Å²) in [5.74, 6) is 1.31. The lowest BCUT2D eigenvalue weighted by Crippen LogP contribution is -2.32. The molecule has 3 rings (SSSR count). The fourth-order valence-electron chi connectivity index (χ4n) is 2.85. The van der Waals surface area contributed by atoms with Gasteiger partial charge in [0.15, 0.2) is 6.10 Å². The van der Waals surface area contributed by atoms with E-state index in [1.807, 2.05) is 11.8 Å². The van der Waals surface area contributed by atoms with Gasteiger partial charge in [0.05, 0.1) is 12.2 Å². The van der Waals surface area contributed by atoms with E-state index >= 15 is 0 Å². The smallest absolute Gasteiger partial charge is 0.415 e. The van der Waals surface area contributed by atoms with Crippen LogP contribution in [0.15, 0.2) is 18.2 Å². The maximum Gasteiger partial charge on any atom is 0.415 e. The van der Waals surface area contributed by atoms with Crippen LogP contribution < -0.4 is 10.6 Å². The Hall–Kier alpha value is -1.76. The molecular formula is C15H17FN2O3S. The van der Waals surface area contributed by atoms with Gasteiger partial charge in [-0.15, -0.1) is 0 Å². The number of hydrogen-bond acceptors (Lipinski definition) is 4. The van der Waals surface area contributed by atoms with Crippen LogP contribution in [0.2, 0.25) is 0 Å². The fraction of sp³-hybridized carbons (Fsp3) is 0.467. The molecule has 2 heterocycles. The predicted octanol–water partition coefficient (Wildman–Crippen LogP) is 2.25. The number of primary amides is 1. The van der Waals surface area contributed by atoms with Crippen molar-refractivity contribution in [3.63, 3.8) is 0 Å². The number of nitrogens with two attached hydrogens (primary N) is 1. The summed E-state index contributed by atoms with van der Waals surface area (Å²) in [5.41, 5.74) is 6.22. The maximum absolute atomic E-state index is 14.4. The number of nitrogens with zero attached hydrogens (tertiary/aromatic N) is 1. The Labute approximate surface area is 132 Å². The quantitative estimate of drug-likeness (QED) is 0.925. The zero-order valence-corrected chi connectivity index (χ0v) is 12.8. The monoisotopic (exact) mass is 324 g/mol. The zero-order valence-electron chi connectivity index (χ0n) is 12.0. The number of halogens is 1. The Balaban J connectivity index is 1.80. The van der Waals surface area contributed by atoms with Crippen molar-refractivity contribution in [2.45, 2.75) is 24.9 Å². The summed E-state index contributed by atoms with van der Waals surface area (Å²) in [6, 6.07) is 4.77. The number of benzene rings is 1. The van der Waals surface area contributed by atoms with Crippen molar-refractivity contribution in [2.75, 3.05) is 23.0 Å². The van der Waals surface area contributed by atoms with Crippen molar-refractivity contribution in [1.29, 1.82) is 0 Å². The largest absolute Gasteiger partial charge is 0.434 e. The molecule has 118 valence electrons. The second kappa shape index (κ2) is 6.16. The first-order chi connectivity index (χ1) is 10.6. The molecular weight excluding hydrogens is 307 g/mol. The second-order valence-corrected chi connectivity index (χ2v) is 6.70. The van der Waals surface area contributed by atoms with Crippen molar-refractivity contribution in [3.05, 3.63) is 29.6 Å². The van der Waals surface area contributed by atoms with Gasteiger partial charge in [-0.2, -0.15) is 11.8 Å². The molecule has 0 aromatic heterocycles. The van der Waals surface area contributed by atoms with Crippen LogP contribution in [0.4, 0.5) is 14.9 Å². The van der Waals surface area contributed by atoms with Crippen LogP contribution in [0.1, 0.15) is 24.3 Å². The minimum atomic E-state index is -0.981. The Bertz CT molecular complexity index is 604. The molecule has 2 aliphatic heterocycles. The van der Waals surface area contributed by atoms with Crippen LogP contribution in [0.25, 0.3) is 0 Å². The highest BCUT2D eigenvalue weighted by Gasteiger charge is 2.36. The van der Waals surface area contributed by atoms with E-state index in [-0.39, 0.29) is 18.3 Å². The molecule has 0 bridgehead atoms. The molecule has 0 saturated carbocycles.